The zero-order chi connectivity index (χ0) is 23.6. The Morgan fingerprint density at radius 2 is 1.91 bits per heavy atom. The number of hydrogen-bond donors (Lipinski definition) is 2. The number of nitrogens with zero attached hydrogens (tertiary/aromatic N) is 3. The van der Waals surface area contributed by atoms with Gasteiger partial charge in [-0.3, -0.25) is 19.6 Å². The molecule has 0 saturated carbocycles. The van der Waals surface area contributed by atoms with Gasteiger partial charge in [0.25, 0.3) is 11.6 Å². The van der Waals surface area contributed by atoms with Crippen LogP contribution in [0.15, 0.2) is 42.6 Å². The number of benzene rings is 2. The van der Waals surface area contributed by atoms with Crippen molar-refractivity contribution in [3.05, 3.63) is 75.1 Å². The Kier molecular flexibility index (Phi) is 6.24. The molecule has 32 heavy (non-hydrogen) atoms. The summed E-state index contributed by atoms with van der Waals surface area (Å²) in [6.45, 7) is 7.18. The standard InChI is InChI=1S/C22H22N4O6/c1-12-7-13(2)14(3)20(8-12)32-18-10-16(9-17(11-18)26(30)31)23-21(27)19-5-6-25(24-19)15(4)22(28)29/h5-11,15H,1-4H3,(H,23,27)(H,28,29). The predicted molar refractivity (Wildman–Crippen MR) is 116 cm³/mol. The van der Waals surface area contributed by atoms with Gasteiger partial charge < -0.3 is 15.2 Å². The van der Waals surface area contributed by atoms with E-state index in [2.05, 4.69) is 10.4 Å². The largest absolute Gasteiger partial charge is 0.480 e. The molecule has 2 aromatic carbocycles. The second kappa shape index (κ2) is 8.88. The molecule has 0 saturated heterocycles. The lowest BCUT2D eigenvalue weighted by Gasteiger charge is -2.13. The topological polar surface area (TPSA) is 137 Å². The van der Waals surface area contributed by atoms with Crippen molar-refractivity contribution in [3.63, 3.8) is 0 Å². The number of aryl methyl sites for hydroxylation is 2. The molecule has 1 aromatic heterocycles. The van der Waals surface area contributed by atoms with Crippen LogP contribution in [0.2, 0.25) is 0 Å². The van der Waals surface area contributed by atoms with Gasteiger partial charge in [0.15, 0.2) is 5.69 Å². The summed E-state index contributed by atoms with van der Waals surface area (Å²) >= 11 is 0. The van der Waals surface area contributed by atoms with Crippen LogP contribution < -0.4 is 10.1 Å². The van der Waals surface area contributed by atoms with Crippen molar-refractivity contribution < 1.29 is 24.4 Å². The summed E-state index contributed by atoms with van der Waals surface area (Å²) in [6, 6.07) is 8.20. The Hall–Kier alpha value is -4.21. The highest BCUT2D eigenvalue weighted by Crippen LogP contribution is 2.33. The highest BCUT2D eigenvalue weighted by molar-refractivity contribution is 6.03. The van der Waals surface area contributed by atoms with Gasteiger partial charge in [0.05, 0.1) is 16.7 Å². The molecule has 0 aliphatic heterocycles. The average Bonchev–Trinajstić information content (AvgIpc) is 3.21. The molecule has 0 radical (unpaired) electrons. The molecule has 0 aliphatic carbocycles. The van der Waals surface area contributed by atoms with Crippen LogP contribution in [0.3, 0.4) is 0 Å². The summed E-state index contributed by atoms with van der Waals surface area (Å²) in [5, 5.41) is 27.0. The molecule has 1 unspecified atom stereocenters. The quantitative estimate of drug-likeness (QED) is 0.412. The Labute approximate surface area is 183 Å². The lowest BCUT2D eigenvalue weighted by atomic mass is 10.1. The molecule has 166 valence electrons. The molecule has 1 heterocycles. The maximum Gasteiger partial charge on any atom is 0.328 e. The molecule has 3 rings (SSSR count). The van der Waals surface area contributed by atoms with Crippen molar-refractivity contribution in [2.75, 3.05) is 5.32 Å². The van der Waals surface area contributed by atoms with Crippen LogP contribution in [-0.2, 0) is 4.79 Å². The maximum atomic E-state index is 12.6. The van der Waals surface area contributed by atoms with Crippen molar-refractivity contribution in [3.8, 4) is 11.5 Å². The average molecular weight is 438 g/mol. The fourth-order valence-corrected chi connectivity index (χ4v) is 3.04. The number of aliphatic carboxylic acids is 1. The van der Waals surface area contributed by atoms with Crippen LogP contribution in [0.1, 0.15) is 40.1 Å². The van der Waals surface area contributed by atoms with E-state index in [0.717, 1.165) is 21.4 Å². The molecule has 3 aromatic rings. The Morgan fingerprint density at radius 1 is 1.19 bits per heavy atom. The third kappa shape index (κ3) is 4.91. The molecule has 0 spiro atoms. The van der Waals surface area contributed by atoms with Gasteiger partial charge in [0.2, 0.25) is 0 Å². The number of carbonyl (C=O) groups is 2. The van der Waals surface area contributed by atoms with E-state index in [1.807, 2.05) is 32.9 Å². The predicted octanol–water partition coefficient (Wildman–Crippen LogP) is 4.41. The van der Waals surface area contributed by atoms with Crippen molar-refractivity contribution in [2.24, 2.45) is 0 Å². The summed E-state index contributed by atoms with van der Waals surface area (Å²) in [5.74, 6) is -0.994. The van der Waals surface area contributed by atoms with E-state index in [0.29, 0.717) is 5.75 Å². The van der Waals surface area contributed by atoms with Crippen molar-refractivity contribution >= 4 is 23.3 Å². The number of nitrogens with one attached hydrogen (secondary N) is 1. The van der Waals surface area contributed by atoms with Crippen LogP contribution in [0.25, 0.3) is 0 Å². The Bertz CT molecular complexity index is 1220. The minimum atomic E-state index is -1.10. The van der Waals surface area contributed by atoms with Crippen LogP contribution in [-0.4, -0.2) is 31.7 Å². The summed E-state index contributed by atoms with van der Waals surface area (Å²) in [7, 11) is 0. The molecule has 0 fully saturated rings. The van der Waals surface area contributed by atoms with Gasteiger partial charge in [-0.2, -0.15) is 5.10 Å². The number of aromatic nitrogens is 2. The van der Waals surface area contributed by atoms with Crippen LogP contribution >= 0.6 is 0 Å². The fourth-order valence-electron chi connectivity index (χ4n) is 3.04. The number of carbonyl (C=O) groups excluding carboxylic acids is 1. The normalized spacial score (nSPS) is 11.6. The van der Waals surface area contributed by atoms with E-state index in [4.69, 9.17) is 9.84 Å². The third-order valence-corrected chi connectivity index (χ3v) is 4.95. The van der Waals surface area contributed by atoms with Crippen LogP contribution in [0.5, 0.6) is 11.5 Å². The number of carboxylic acids is 1. The van der Waals surface area contributed by atoms with Gasteiger partial charge in [0, 0.05) is 18.3 Å². The highest BCUT2D eigenvalue weighted by Gasteiger charge is 2.19. The van der Waals surface area contributed by atoms with Gasteiger partial charge in [-0.15, -0.1) is 0 Å². The van der Waals surface area contributed by atoms with Crippen LogP contribution in [0.4, 0.5) is 11.4 Å². The van der Waals surface area contributed by atoms with E-state index in [1.54, 1.807) is 0 Å². The van der Waals surface area contributed by atoms with E-state index in [-0.39, 0.29) is 22.8 Å². The molecular weight excluding hydrogens is 416 g/mol. The molecule has 1 atom stereocenters. The first-order valence-corrected chi connectivity index (χ1v) is 9.69. The summed E-state index contributed by atoms with van der Waals surface area (Å²) < 4.78 is 7.05. The monoisotopic (exact) mass is 438 g/mol. The Balaban J connectivity index is 1.89. The van der Waals surface area contributed by atoms with E-state index in [9.17, 15) is 19.7 Å². The smallest absolute Gasteiger partial charge is 0.328 e. The van der Waals surface area contributed by atoms with E-state index in [1.165, 1.54) is 37.4 Å². The van der Waals surface area contributed by atoms with Crippen molar-refractivity contribution in [2.45, 2.75) is 33.7 Å². The fraction of sp³-hybridized carbons (Fsp3) is 0.227. The number of non-ortho nitro benzene ring substituents is 1. The number of nitro groups is 1. The van der Waals surface area contributed by atoms with Crippen molar-refractivity contribution in [1.29, 1.82) is 0 Å². The zero-order valence-electron chi connectivity index (χ0n) is 17.9. The number of amides is 1. The lowest BCUT2D eigenvalue weighted by Crippen LogP contribution is -2.18. The first-order chi connectivity index (χ1) is 15.0. The summed E-state index contributed by atoms with van der Waals surface area (Å²) in [6.07, 6.45) is 1.37. The highest BCUT2D eigenvalue weighted by atomic mass is 16.6. The zero-order valence-corrected chi connectivity index (χ0v) is 17.9. The Morgan fingerprint density at radius 3 is 2.56 bits per heavy atom. The molecule has 0 aliphatic rings. The van der Waals surface area contributed by atoms with Gasteiger partial charge in [-0.25, -0.2) is 4.79 Å². The molecule has 10 nitrogen and oxygen atoms in total. The first-order valence-electron chi connectivity index (χ1n) is 9.69. The minimum absolute atomic E-state index is 0.0303. The third-order valence-electron chi connectivity index (χ3n) is 4.95. The summed E-state index contributed by atoms with van der Waals surface area (Å²) in [4.78, 5) is 34.5. The lowest BCUT2D eigenvalue weighted by molar-refractivity contribution is -0.384. The number of nitro benzene ring substituents is 1. The van der Waals surface area contributed by atoms with E-state index < -0.39 is 22.8 Å². The molecule has 1 amide bonds. The van der Waals surface area contributed by atoms with E-state index >= 15 is 0 Å². The number of anilines is 1. The first kappa shape index (κ1) is 22.5. The maximum absolute atomic E-state index is 12.6. The van der Waals surface area contributed by atoms with Crippen molar-refractivity contribution in [1.82, 2.24) is 9.78 Å². The molecule has 2 N–H and O–H groups in total. The molecule has 10 heteroatoms. The summed E-state index contributed by atoms with van der Waals surface area (Å²) in [5.41, 5.74) is 2.74. The van der Waals surface area contributed by atoms with Gasteiger partial charge in [-0.05, 0) is 56.5 Å². The number of rotatable bonds is 7. The van der Waals surface area contributed by atoms with Crippen LogP contribution in [0, 0.1) is 30.9 Å². The SMILES string of the molecule is Cc1cc(C)c(C)c(Oc2cc(NC(=O)c3ccn(C(C)C(=O)O)n3)cc([N+](=O)[O-])c2)c1. The number of ether oxygens (including phenoxy) is 1. The van der Waals surface area contributed by atoms with Gasteiger partial charge in [0.1, 0.15) is 17.5 Å². The van der Waals surface area contributed by atoms with Gasteiger partial charge >= 0.3 is 5.97 Å². The van der Waals surface area contributed by atoms with Gasteiger partial charge in [-0.1, -0.05) is 6.07 Å². The molecular formula is C22H22N4O6. The molecule has 0 bridgehead atoms. The number of carboxylic acid groups (broad SMARTS) is 1. The second-order valence-electron chi connectivity index (χ2n) is 7.43. The second-order valence-corrected chi connectivity index (χ2v) is 7.43. The number of hydrogen-bond acceptors (Lipinski definition) is 6. The minimum Gasteiger partial charge on any atom is -0.480 e.